The molecule has 0 saturated heterocycles. The first-order chi connectivity index (χ1) is 33.5. The van der Waals surface area contributed by atoms with Crippen molar-refractivity contribution in [3.05, 3.63) is 105 Å². The van der Waals surface area contributed by atoms with Crippen molar-refractivity contribution < 1.29 is 35.4 Å². The van der Waals surface area contributed by atoms with E-state index in [1.165, 1.54) is 22.5 Å². The van der Waals surface area contributed by atoms with Gasteiger partial charge < -0.3 is 20.4 Å². The number of aryl methyl sites for hydroxylation is 4. The average molecular weight is 1020 g/mol. The van der Waals surface area contributed by atoms with E-state index in [4.69, 9.17) is 9.41 Å². The zero-order valence-electron chi connectivity index (χ0n) is 44.5. The summed E-state index contributed by atoms with van der Waals surface area (Å²) in [7, 11) is -7.56. The third kappa shape index (κ3) is 12.8. The number of sulfonamides is 1. The Bertz CT molecular complexity index is 3330. The SMILES string of the molecule is CCCCCCCN(C)S(=O)(=O)c1cc2c(-c3ccccc3S(=O)(=O)O)c3ccc(Nc4c(C)cc(C)c(NC(=O)CC(C)(C)C)c4C)cc3oc-2c/c1=N\c1c(C)cc(C)c(NC(=O)CC(C)(C)C)c1C. The van der Waals surface area contributed by atoms with Gasteiger partial charge in [-0.3, -0.25) is 14.1 Å². The lowest BCUT2D eigenvalue weighted by Crippen LogP contribution is -2.32. The van der Waals surface area contributed by atoms with Gasteiger partial charge in [-0.1, -0.05) is 104 Å². The normalized spacial score (nSPS) is 12.8. The van der Waals surface area contributed by atoms with Crippen LogP contribution in [0.4, 0.5) is 28.4 Å². The van der Waals surface area contributed by atoms with Crippen molar-refractivity contribution in [2.45, 2.75) is 145 Å². The highest BCUT2D eigenvalue weighted by molar-refractivity contribution is 7.89. The maximum Gasteiger partial charge on any atom is 0.295 e. The quantitative estimate of drug-likeness (QED) is 0.0392. The standard InChI is InChI=1S/C57H73N5O8S2/c1-15-16-17-18-21-26-62(14)71(65,66)48-30-43-46(31-44(48)59-53-35(3)28-37(5)55(39(53)7)61-50(64)33-57(11,12)13)70-45-29-40(24-25-41(45)51(43)42-22-19-20-23-47(42)72(67,68)69)58-52-34(2)27-36(4)54(38(52)6)60-49(63)32-56(8,9)10/h19-20,22-25,27-31,58H,15-18,21,26,32-33H2,1-14H3,(H,60,63)(H,61,64)(H,67,68,69)/b59-44+. The monoisotopic (exact) mass is 1020 g/mol. The molecule has 6 rings (SSSR count). The average Bonchev–Trinajstić information content (AvgIpc) is 3.26. The topological polar surface area (TPSA) is 187 Å². The van der Waals surface area contributed by atoms with Gasteiger partial charge in [0.2, 0.25) is 21.8 Å². The lowest BCUT2D eigenvalue weighted by atomic mass is 9.91. The molecular weight excluding hydrogens is 947 g/mol. The van der Waals surface area contributed by atoms with E-state index in [1.807, 2.05) is 101 Å². The van der Waals surface area contributed by atoms with Gasteiger partial charge in [0.1, 0.15) is 21.1 Å². The zero-order chi connectivity index (χ0) is 53.2. The van der Waals surface area contributed by atoms with Crippen LogP contribution in [0.5, 0.6) is 0 Å². The zero-order valence-corrected chi connectivity index (χ0v) is 46.2. The van der Waals surface area contributed by atoms with Crippen molar-refractivity contribution in [3.63, 3.8) is 0 Å². The van der Waals surface area contributed by atoms with Crippen molar-refractivity contribution in [3.8, 4) is 22.5 Å². The first-order valence-electron chi connectivity index (χ1n) is 24.7. The summed E-state index contributed by atoms with van der Waals surface area (Å²) in [6.45, 7) is 25.9. The van der Waals surface area contributed by atoms with Gasteiger partial charge in [0.05, 0.1) is 11.0 Å². The van der Waals surface area contributed by atoms with E-state index in [2.05, 4.69) is 22.9 Å². The van der Waals surface area contributed by atoms with Crippen LogP contribution >= 0.6 is 0 Å². The molecule has 0 saturated carbocycles. The number of carbonyl (C=O) groups is 2. The highest BCUT2D eigenvalue weighted by Crippen LogP contribution is 2.45. The number of benzene rings is 5. The summed E-state index contributed by atoms with van der Waals surface area (Å²) in [6, 6.07) is 18.4. The molecule has 1 aliphatic heterocycles. The highest BCUT2D eigenvalue weighted by atomic mass is 32.2. The van der Waals surface area contributed by atoms with Crippen molar-refractivity contribution in [1.29, 1.82) is 0 Å². The fraction of sp³-hybridized carbons (Fsp3) is 0.421. The second-order valence-electron chi connectivity index (χ2n) is 21.8. The van der Waals surface area contributed by atoms with Gasteiger partial charge in [0.25, 0.3) is 10.1 Å². The number of hydrogen-bond acceptors (Lipinski definition) is 9. The molecule has 1 aliphatic carbocycles. The van der Waals surface area contributed by atoms with E-state index in [1.54, 1.807) is 37.4 Å². The minimum atomic E-state index is -4.81. The summed E-state index contributed by atoms with van der Waals surface area (Å²) in [5.74, 6) is -0.0663. The molecule has 4 aromatic carbocycles. The molecule has 4 N–H and O–H groups in total. The number of unbranched alkanes of at least 4 members (excludes halogenated alkanes) is 4. The molecule has 2 aliphatic rings. The summed E-state index contributed by atoms with van der Waals surface area (Å²) in [6.07, 6.45) is 5.18. The highest BCUT2D eigenvalue weighted by Gasteiger charge is 2.30. The fourth-order valence-corrected chi connectivity index (χ4v) is 11.4. The molecule has 0 radical (unpaired) electrons. The van der Waals surface area contributed by atoms with E-state index < -0.39 is 20.1 Å². The minimum Gasteiger partial charge on any atom is -0.456 e. The smallest absolute Gasteiger partial charge is 0.295 e. The lowest BCUT2D eigenvalue weighted by molar-refractivity contribution is -0.118. The van der Waals surface area contributed by atoms with Crippen LogP contribution in [0.1, 0.15) is 127 Å². The van der Waals surface area contributed by atoms with E-state index in [-0.39, 0.29) is 67.6 Å². The maximum atomic E-state index is 15.1. The largest absolute Gasteiger partial charge is 0.456 e. The van der Waals surface area contributed by atoms with Crippen LogP contribution < -0.4 is 21.3 Å². The molecule has 13 nitrogen and oxygen atoms in total. The molecule has 72 heavy (non-hydrogen) atoms. The van der Waals surface area contributed by atoms with Gasteiger partial charge in [-0.15, -0.1) is 0 Å². The number of nitrogens with zero attached hydrogens (tertiary/aromatic N) is 2. The van der Waals surface area contributed by atoms with Crippen molar-refractivity contribution in [1.82, 2.24) is 4.31 Å². The van der Waals surface area contributed by atoms with Gasteiger partial charge in [-0.2, -0.15) is 8.42 Å². The molecule has 386 valence electrons. The summed E-state index contributed by atoms with van der Waals surface area (Å²) < 4.78 is 75.2. The van der Waals surface area contributed by atoms with Crippen LogP contribution in [-0.2, 0) is 29.7 Å². The Labute approximate surface area is 427 Å². The molecule has 15 heteroatoms. The Morgan fingerprint density at radius 3 is 1.83 bits per heavy atom. The Kier molecular flexibility index (Phi) is 16.7. The van der Waals surface area contributed by atoms with Gasteiger partial charge in [-0.05, 0) is 116 Å². The number of amides is 2. The summed E-state index contributed by atoms with van der Waals surface area (Å²) in [4.78, 5) is 31.1. The molecular formula is C57H73N5O8S2. The van der Waals surface area contributed by atoms with Gasteiger partial charge in [-0.25, -0.2) is 17.7 Å². The molecule has 0 fully saturated rings. The van der Waals surface area contributed by atoms with Crippen LogP contribution in [0.25, 0.3) is 33.4 Å². The number of hydrogen-bond donors (Lipinski definition) is 4. The van der Waals surface area contributed by atoms with E-state index >= 15 is 8.42 Å². The Morgan fingerprint density at radius 1 is 0.667 bits per heavy atom. The third-order valence-corrected chi connectivity index (χ3v) is 15.6. The molecule has 0 aromatic heterocycles. The predicted molar refractivity (Wildman–Crippen MR) is 292 cm³/mol. The van der Waals surface area contributed by atoms with Crippen molar-refractivity contribution in [2.24, 2.45) is 15.8 Å². The number of nitrogens with one attached hydrogen (secondary N) is 3. The number of rotatable bonds is 17. The second kappa shape index (κ2) is 21.7. The van der Waals surface area contributed by atoms with Gasteiger partial charge >= 0.3 is 0 Å². The molecule has 1 heterocycles. The lowest BCUT2D eigenvalue weighted by Gasteiger charge is -2.23. The molecule has 0 atom stereocenters. The van der Waals surface area contributed by atoms with Crippen LogP contribution in [-0.4, -0.2) is 51.1 Å². The van der Waals surface area contributed by atoms with E-state index in [0.717, 1.165) is 59.2 Å². The van der Waals surface area contributed by atoms with Crippen molar-refractivity contribution in [2.75, 3.05) is 29.5 Å². The Morgan fingerprint density at radius 2 is 1.24 bits per heavy atom. The van der Waals surface area contributed by atoms with E-state index in [9.17, 15) is 22.6 Å². The second-order valence-corrected chi connectivity index (χ2v) is 25.2. The number of anilines is 4. The minimum absolute atomic E-state index is 0.0701. The van der Waals surface area contributed by atoms with Crippen LogP contribution in [0.15, 0.2) is 85.9 Å². The van der Waals surface area contributed by atoms with Gasteiger partial charge in [0, 0.05) is 83.4 Å². The Hall–Kier alpha value is -5.87. The van der Waals surface area contributed by atoms with Gasteiger partial charge in [0.15, 0.2) is 0 Å². The molecule has 2 amide bonds. The van der Waals surface area contributed by atoms with Crippen LogP contribution in [0.2, 0.25) is 0 Å². The maximum absolute atomic E-state index is 15.1. The molecule has 0 unspecified atom stereocenters. The fourth-order valence-electron chi connectivity index (χ4n) is 9.40. The van der Waals surface area contributed by atoms with E-state index in [0.29, 0.717) is 57.7 Å². The first kappa shape index (κ1) is 55.4. The summed E-state index contributed by atoms with van der Waals surface area (Å²) in [5.41, 5.74) is 8.58. The first-order valence-corrected chi connectivity index (χ1v) is 27.6. The summed E-state index contributed by atoms with van der Waals surface area (Å²) >= 11 is 0. The third-order valence-electron chi connectivity index (χ3n) is 12.8. The molecule has 4 aromatic rings. The number of fused-ring (bicyclic) bond motifs is 2. The molecule has 0 spiro atoms. The van der Waals surface area contributed by atoms with Crippen LogP contribution in [0, 0.1) is 52.4 Å². The molecule has 0 bridgehead atoms. The van der Waals surface area contributed by atoms with Crippen LogP contribution in [0.3, 0.4) is 0 Å². The predicted octanol–water partition coefficient (Wildman–Crippen LogP) is 13.6. The Balaban J connectivity index is 1.66. The number of carbonyl (C=O) groups excluding carboxylic acids is 2. The summed E-state index contributed by atoms with van der Waals surface area (Å²) in [5, 5.41) is 10.3. The van der Waals surface area contributed by atoms with Crippen molar-refractivity contribution >= 4 is 71.4 Å².